The Kier molecular flexibility index (Phi) is 19.6. The van der Waals surface area contributed by atoms with Gasteiger partial charge in [0.2, 0.25) is 0 Å². The summed E-state index contributed by atoms with van der Waals surface area (Å²) in [6.07, 6.45) is 3.82. The minimum Gasteiger partial charge on any atom is -0.752 e. The second-order valence-electron chi connectivity index (χ2n) is 2.83. The maximum Gasteiger partial charge on any atom is 2.00 e. The van der Waals surface area contributed by atoms with E-state index in [1.807, 2.05) is 40.7 Å². The van der Waals surface area contributed by atoms with E-state index in [0.717, 1.165) is 0 Å². The van der Waals surface area contributed by atoms with Gasteiger partial charge in [0, 0.05) is 28.2 Å². The summed E-state index contributed by atoms with van der Waals surface area (Å²) in [5.41, 5.74) is 0. The Hall–Kier alpha value is 0.599. The van der Waals surface area contributed by atoms with Gasteiger partial charge in [0.15, 0.2) is 0 Å². The molecule has 0 rings (SSSR count). The zero-order chi connectivity index (χ0) is 13.1. The third kappa shape index (κ3) is 22.3. The van der Waals surface area contributed by atoms with Gasteiger partial charge in [-0.05, 0) is 21.3 Å². The second kappa shape index (κ2) is 14.7. The molecule has 0 unspecified atom stereocenters. The number of thioether (sulfide) groups is 2. The molecule has 9 heteroatoms. The van der Waals surface area contributed by atoms with Gasteiger partial charge in [-0.15, -0.1) is 23.5 Å². The second-order valence-corrected chi connectivity index (χ2v) is 5.71. The van der Waals surface area contributed by atoms with Crippen molar-refractivity contribution in [2.45, 2.75) is 0 Å². The van der Waals surface area contributed by atoms with Crippen molar-refractivity contribution in [3.05, 3.63) is 0 Å². The maximum atomic E-state index is 4.79. The molecular weight excluding hydrogens is 344 g/mol. The molecule has 0 fully saturated rings. The molecule has 0 saturated heterocycles. The number of rotatable bonds is 2. The molecule has 0 N–H and O–H groups in total. The van der Waals surface area contributed by atoms with E-state index in [0.29, 0.717) is 8.75 Å². The van der Waals surface area contributed by atoms with E-state index in [1.165, 1.54) is 23.5 Å². The van der Waals surface area contributed by atoms with Gasteiger partial charge in [-0.1, -0.05) is 0 Å². The first kappa shape index (κ1) is 22.8. The van der Waals surface area contributed by atoms with Crippen molar-refractivity contribution in [1.29, 1.82) is 0 Å². The minimum absolute atomic E-state index is 0. The van der Waals surface area contributed by atoms with Gasteiger partial charge in [-0.25, -0.2) is 10.2 Å². The van der Waals surface area contributed by atoms with Crippen LogP contribution in [0.1, 0.15) is 0 Å². The summed E-state index contributed by atoms with van der Waals surface area (Å²) in [5, 5.41) is 11.2. The van der Waals surface area contributed by atoms with E-state index in [4.69, 9.17) is 25.3 Å². The van der Waals surface area contributed by atoms with Crippen LogP contribution in [0.5, 0.6) is 0 Å². The van der Waals surface area contributed by atoms with Crippen LogP contribution < -0.4 is 0 Å². The first-order valence-corrected chi connectivity index (χ1v) is 7.54. The molecule has 1 radical (unpaired) electrons. The number of hydrazone groups is 2. The van der Waals surface area contributed by atoms with Gasteiger partial charge in [0.25, 0.3) is 0 Å². The van der Waals surface area contributed by atoms with E-state index in [9.17, 15) is 0 Å². The van der Waals surface area contributed by atoms with Crippen molar-refractivity contribution in [3.8, 4) is 0 Å². The first-order valence-electron chi connectivity index (χ1n) is 4.27. The third-order valence-electron chi connectivity index (χ3n) is 0.913. The van der Waals surface area contributed by atoms with Crippen LogP contribution in [0.25, 0.3) is 0 Å². The summed E-state index contributed by atoms with van der Waals surface area (Å²) in [5.74, 6) is 0. The molecule has 0 heterocycles. The minimum atomic E-state index is 0. The van der Waals surface area contributed by atoms with Crippen LogP contribution in [0, 0.1) is 0 Å². The molecule has 0 aliphatic rings. The smallest absolute Gasteiger partial charge is 0.752 e. The molecule has 0 bridgehead atoms. The summed E-state index contributed by atoms with van der Waals surface area (Å²) >= 11 is 12.5. The number of hydrogen-bond donors (Lipinski definition) is 0. The Bertz CT molecular complexity index is 210. The van der Waals surface area contributed by atoms with E-state index < -0.39 is 0 Å². The Morgan fingerprint density at radius 1 is 0.824 bits per heavy atom. The normalized spacial score (nSPS) is 10.9. The fraction of sp³-hybridized carbons (Fsp3) is 0.750. The SMILES string of the molecule is CS/C([S-])=N/N(C)C.CS/C([S-])=N\N(C)C.[Cu+2]. The van der Waals surface area contributed by atoms with Crippen LogP contribution in [0.15, 0.2) is 10.2 Å². The van der Waals surface area contributed by atoms with E-state index in [1.54, 1.807) is 10.0 Å². The molecule has 0 saturated carbocycles. The Morgan fingerprint density at radius 3 is 1.12 bits per heavy atom. The van der Waals surface area contributed by atoms with E-state index in [2.05, 4.69) is 10.2 Å². The van der Waals surface area contributed by atoms with Crippen LogP contribution in [-0.2, 0) is 42.3 Å². The van der Waals surface area contributed by atoms with Crippen molar-refractivity contribution in [1.82, 2.24) is 10.0 Å². The molecule has 0 aliphatic heterocycles. The van der Waals surface area contributed by atoms with Crippen molar-refractivity contribution >= 4 is 57.5 Å². The molecule has 0 aromatic carbocycles. The largest absolute Gasteiger partial charge is 2.00 e. The summed E-state index contributed by atoms with van der Waals surface area (Å²) in [7, 11) is 7.40. The van der Waals surface area contributed by atoms with E-state index >= 15 is 0 Å². The van der Waals surface area contributed by atoms with Crippen LogP contribution in [0.4, 0.5) is 0 Å². The molecular formula is C8H18CuN4S4. The number of nitrogens with zero attached hydrogens (tertiary/aromatic N) is 4. The van der Waals surface area contributed by atoms with Gasteiger partial charge < -0.3 is 35.3 Å². The Morgan fingerprint density at radius 2 is 1.06 bits per heavy atom. The number of hydrogen-bond acceptors (Lipinski definition) is 8. The average Bonchev–Trinajstić information content (AvgIpc) is 2.16. The molecule has 0 aromatic heterocycles. The van der Waals surface area contributed by atoms with Crippen LogP contribution >= 0.6 is 23.5 Å². The molecule has 4 nitrogen and oxygen atoms in total. The summed E-state index contributed by atoms with van der Waals surface area (Å²) < 4.78 is 1.35. The molecule has 0 atom stereocenters. The zero-order valence-corrected chi connectivity index (χ0v) is 14.9. The maximum absolute atomic E-state index is 4.79. The topological polar surface area (TPSA) is 31.2 Å². The van der Waals surface area contributed by atoms with Crippen molar-refractivity contribution < 1.29 is 17.1 Å². The molecule has 0 aliphatic carbocycles. The molecule has 0 aromatic rings. The fourth-order valence-electron chi connectivity index (χ4n) is 0.408. The van der Waals surface area contributed by atoms with Crippen LogP contribution in [0.3, 0.4) is 0 Å². The Balaban J connectivity index is -0.000000218. The van der Waals surface area contributed by atoms with Crippen LogP contribution in [-0.4, -0.2) is 59.5 Å². The first-order chi connectivity index (χ1) is 7.33. The fourth-order valence-corrected chi connectivity index (χ4v) is 1.22. The van der Waals surface area contributed by atoms with Gasteiger partial charge in [-0.3, -0.25) is 0 Å². The predicted octanol–water partition coefficient (Wildman–Crippen LogP) is 1.46. The van der Waals surface area contributed by atoms with Gasteiger partial charge in [-0.2, -0.15) is 0 Å². The Labute approximate surface area is 135 Å². The summed E-state index contributed by atoms with van der Waals surface area (Å²) in [6.45, 7) is 0. The third-order valence-corrected chi connectivity index (χ3v) is 2.94. The molecule has 0 amide bonds. The molecule has 105 valence electrons. The van der Waals surface area contributed by atoms with Crippen molar-refractivity contribution in [2.24, 2.45) is 10.2 Å². The van der Waals surface area contributed by atoms with Crippen LogP contribution in [0.2, 0.25) is 0 Å². The van der Waals surface area contributed by atoms with Crippen molar-refractivity contribution in [2.75, 3.05) is 40.7 Å². The molecule has 17 heavy (non-hydrogen) atoms. The van der Waals surface area contributed by atoms with E-state index in [-0.39, 0.29) is 17.1 Å². The average molecular weight is 362 g/mol. The van der Waals surface area contributed by atoms with Gasteiger partial charge >= 0.3 is 17.1 Å². The van der Waals surface area contributed by atoms with Gasteiger partial charge in [0.05, 0.1) is 0 Å². The summed E-state index contributed by atoms with van der Waals surface area (Å²) in [6, 6.07) is 0. The molecule has 0 spiro atoms. The summed E-state index contributed by atoms with van der Waals surface area (Å²) in [4.78, 5) is 0. The monoisotopic (exact) mass is 361 g/mol. The van der Waals surface area contributed by atoms with Crippen molar-refractivity contribution in [3.63, 3.8) is 0 Å². The zero-order valence-electron chi connectivity index (χ0n) is 10.7. The quantitative estimate of drug-likeness (QED) is 0.243. The standard InChI is InChI=1S/2C4H10N2S2.Cu/c2*1-6(2)5-4(7)8-3;/h2*1-3H3,(H,5,7);/q;;+2/p-2. The predicted molar refractivity (Wildman–Crippen MR) is 84.0 cm³/mol. The van der Waals surface area contributed by atoms with Gasteiger partial charge in [0.1, 0.15) is 0 Å².